The number of hydrazine groups is 2. The number of hydrogen-bond acceptors (Lipinski definition) is 4. The van der Waals surface area contributed by atoms with E-state index in [1.54, 1.807) is 0 Å². The first-order valence-corrected chi connectivity index (χ1v) is 5.50. The highest BCUT2D eigenvalue weighted by atomic mass is 15.5. The summed E-state index contributed by atoms with van der Waals surface area (Å²) in [5.74, 6) is 5.71. The van der Waals surface area contributed by atoms with Crippen molar-refractivity contribution in [2.24, 2.45) is 5.84 Å². The molecule has 1 fully saturated rings. The highest BCUT2D eigenvalue weighted by Gasteiger charge is 2.18. The summed E-state index contributed by atoms with van der Waals surface area (Å²) in [4.78, 5) is 0. The molecular formula is C10H20N4. The van der Waals surface area contributed by atoms with E-state index >= 15 is 0 Å². The topological polar surface area (TPSA) is 44.5 Å². The first-order valence-electron chi connectivity index (χ1n) is 5.50. The fourth-order valence-electron chi connectivity index (χ4n) is 2.05. The molecule has 0 spiro atoms. The second-order valence-electron chi connectivity index (χ2n) is 4.15. The van der Waals surface area contributed by atoms with Crippen LogP contribution in [0, 0.1) is 0 Å². The van der Waals surface area contributed by atoms with Crippen molar-refractivity contribution in [1.29, 1.82) is 0 Å². The van der Waals surface area contributed by atoms with Crippen LogP contribution in [0.25, 0.3) is 0 Å². The summed E-state index contributed by atoms with van der Waals surface area (Å²) in [5, 5.41) is 4.23. The molecule has 0 bridgehead atoms. The van der Waals surface area contributed by atoms with Gasteiger partial charge < -0.3 is 0 Å². The van der Waals surface area contributed by atoms with Crippen LogP contribution in [0.1, 0.15) is 19.3 Å². The van der Waals surface area contributed by atoms with Crippen molar-refractivity contribution < 1.29 is 0 Å². The number of nitrogens with zero attached hydrogens (tertiary/aromatic N) is 2. The molecule has 0 atom stereocenters. The fraction of sp³-hybridized carbons (Fsp3) is 0.800. The SMILES string of the molecule is NN1CCC(NN2CC=CCC2)CC1. The molecule has 0 radical (unpaired) electrons. The van der Waals surface area contributed by atoms with Gasteiger partial charge >= 0.3 is 0 Å². The molecule has 4 heteroatoms. The maximum absolute atomic E-state index is 5.71. The Morgan fingerprint density at radius 1 is 1.14 bits per heavy atom. The third kappa shape index (κ3) is 2.78. The molecule has 80 valence electrons. The summed E-state index contributed by atoms with van der Waals surface area (Å²) in [5.41, 5.74) is 3.58. The van der Waals surface area contributed by atoms with Crippen LogP contribution in [0.15, 0.2) is 12.2 Å². The minimum Gasteiger partial charge on any atom is -0.269 e. The number of hydrogen-bond donors (Lipinski definition) is 2. The van der Waals surface area contributed by atoms with Crippen LogP contribution in [0.4, 0.5) is 0 Å². The Labute approximate surface area is 85.7 Å². The van der Waals surface area contributed by atoms with E-state index in [1.807, 2.05) is 5.01 Å². The van der Waals surface area contributed by atoms with Gasteiger partial charge in [-0.05, 0) is 19.3 Å². The lowest BCUT2D eigenvalue weighted by Gasteiger charge is -2.34. The van der Waals surface area contributed by atoms with E-state index < -0.39 is 0 Å². The van der Waals surface area contributed by atoms with Crippen molar-refractivity contribution in [2.75, 3.05) is 26.2 Å². The fourth-order valence-corrected chi connectivity index (χ4v) is 2.05. The molecule has 0 amide bonds. The molecule has 2 aliphatic rings. The van der Waals surface area contributed by atoms with Crippen LogP contribution in [0.3, 0.4) is 0 Å². The minimum atomic E-state index is 0.626. The zero-order valence-corrected chi connectivity index (χ0v) is 8.65. The summed E-state index contributed by atoms with van der Waals surface area (Å²) in [7, 11) is 0. The average molecular weight is 196 g/mol. The molecule has 0 unspecified atom stereocenters. The summed E-state index contributed by atoms with van der Waals surface area (Å²) in [6, 6.07) is 0.626. The first-order chi connectivity index (χ1) is 6.84. The van der Waals surface area contributed by atoms with Crippen LogP contribution >= 0.6 is 0 Å². The maximum Gasteiger partial charge on any atom is 0.0311 e. The molecule has 0 aromatic rings. The Balaban J connectivity index is 1.72. The molecular weight excluding hydrogens is 176 g/mol. The Bertz CT molecular complexity index is 196. The van der Waals surface area contributed by atoms with Gasteiger partial charge in [-0.3, -0.25) is 11.3 Å². The predicted molar refractivity (Wildman–Crippen MR) is 57.2 cm³/mol. The minimum absolute atomic E-state index is 0.626. The van der Waals surface area contributed by atoms with Crippen LogP contribution < -0.4 is 11.3 Å². The zero-order valence-electron chi connectivity index (χ0n) is 8.65. The standard InChI is InChI=1S/C10H20N4/c11-13-8-4-10(5-9-13)12-14-6-2-1-3-7-14/h1-2,10,12H,3-9,11H2. The van der Waals surface area contributed by atoms with Crippen molar-refractivity contribution in [2.45, 2.75) is 25.3 Å². The first kappa shape index (κ1) is 10.1. The molecule has 0 saturated carbocycles. The van der Waals surface area contributed by atoms with Gasteiger partial charge in [0.15, 0.2) is 0 Å². The van der Waals surface area contributed by atoms with Crippen molar-refractivity contribution in [3.05, 3.63) is 12.2 Å². The normalized spacial score (nSPS) is 26.9. The summed E-state index contributed by atoms with van der Waals surface area (Å²) in [6.07, 6.45) is 7.98. The van der Waals surface area contributed by atoms with E-state index in [1.165, 1.54) is 6.42 Å². The van der Waals surface area contributed by atoms with Crippen molar-refractivity contribution in [1.82, 2.24) is 15.4 Å². The Morgan fingerprint density at radius 3 is 2.57 bits per heavy atom. The number of piperidine rings is 1. The lowest BCUT2D eigenvalue weighted by atomic mass is 10.1. The largest absolute Gasteiger partial charge is 0.269 e. The molecule has 1 saturated heterocycles. The maximum atomic E-state index is 5.71. The zero-order chi connectivity index (χ0) is 9.80. The molecule has 0 aliphatic carbocycles. The molecule has 2 heterocycles. The van der Waals surface area contributed by atoms with Crippen LogP contribution in [0.5, 0.6) is 0 Å². The highest BCUT2D eigenvalue weighted by Crippen LogP contribution is 2.08. The van der Waals surface area contributed by atoms with E-state index in [4.69, 9.17) is 5.84 Å². The molecule has 2 rings (SSSR count). The molecule has 0 aromatic carbocycles. The van der Waals surface area contributed by atoms with E-state index in [0.717, 1.165) is 39.0 Å². The van der Waals surface area contributed by atoms with Gasteiger partial charge in [0, 0.05) is 32.2 Å². The van der Waals surface area contributed by atoms with Gasteiger partial charge in [0.1, 0.15) is 0 Å². The number of rotatable bonds is 2. The monoisotopic (exact) mass is 196 g/mol. The predicted octanol–water partition coefficient (Wildman–Crippen LogP) is 0.0910. The van der Waals surface area contributed by atoms with Gasteiger partial charge in [0.25, 0.3) is 0 Å². The smallest absolute Gasteiger partial charge is 0.0311 e. The van der Waals surface area contributed by atoms with Crippen LogP contribution in [0.2, 0.25) is 0 Å². The van der Waals surface area contributed by atoms with Gasteiger partial charge in [-0.2, -0.15) is 0 Å². The van der Waals surface area contributed by atoms with E-state index in [2.05, 4.69) is 22.6 Å². The van der Waals surface area contributed by atoms with Crippen molar-refractivity contribution in [3.8, 4) is 0 Å². The van der Waals surface area contributed by atoms with Gasteiger partial charge in [-0.1, -0.05) is 12.2 Å². The number of nitrogens with one attached hydrogen (secondary N) is 1. The van der Waals surface area contributed by atoms with Gasteiger partial charge in [0.05, 0.1) is 0 Å². The van der Waals surface area contributed by atoms with Gasteiger partial charge in [-0.15, -0.1) is 0 Å². The summed E-state index contributed by atoms with van der Waals surface area (Å²) < 4.78 is 0. The Kier molecular flexibility index (Phi) is 3.53. The van der Waals surface area contributed by atoms with Gasteiger partial charge in [0.2, 0.25) is 0 Å². The molecule has 0 aromatic heterocycles. The number of nitrogens with two attached hydrogens (primary N) is 1. The Hall–Kier alpha value is -0.420. The summed E-state index contributed by atoms with van der Waals surface area (Å²) in [6.45, 7) is 4.21. The molecule has 14 heavy (non-hydrogen) atoms. The quantitative estimate of drug-likeness (QED) is 0.485. The Morgan fingerprint density at radius 2 is 1.93 bits per heavy atom. The molecule has 3 N–H and O–H groups in total. The lowest BCUT2D eigenvalue weighted by molar-refractivity contribution is 0.119. The average Bonchev–Trinajstić information content (AvgIpc) is 2.23. The van der Waals surface area contributed by atoms with Crippen LogP contribution in [-0.4, -0.2) is 42.2 Å². The lowest BCUT2D eigenvalue weighted by Crippen LogP contribution is -2.51. The van der Waals surface area contributed by atoms with Gasteiger partial charge in [-0.25, -0.2) is 10.0 Å². The van der Waals surface area contributed by atoms with Crippen molar-refractivity contribution in [3.63, 3.8) is 0 Å². The second kappa shape index (κ2) is 4.89. The van der Waals surface area contributed by atoms with E-state index in [-0.39, 0.29) is 0 Å². The molecule has 4 nitrogen and oxygen atoms in total. The van der Waals surface area contributed by atoms with E-state index in [0.29, 0.717) is 6.04 Å². The van der Waals surface area contributed by atoms with Crippen molar-refractivity contribution >= 4 is 0 Å². The molecule has 2 aliphatic heterocycles. The third-order valence-electron chi connectivity index (χ3n) is 2.95. The van der Waals surface area contributed by atoms with Crippen LogP contribution in [-0.2, 0) is 0 Å². The third-order valence-corrected chi connectivity index (χ3v) is 2.95. The highest BCUT2D eigenvalue weighted by molar-refractivity contribution is 4.90. The second-order valence-corrected chi connectivity index (χ2v) is 4.15. The van der Waals surface area contributed by atoms with E-state index in [9.17, 15) is 0 Å². The summed E-state index contributed by atoms with van der Waals surface area (Å²) >= 11 is 0.